The normalized spacial score (nSPS) is 14.3. The number of aromatic nitrogens is 1. The zero-order valence-corrected chi connectivity index (χ0v) is 15.8. The van der Waals surface area contributed by atoms with Crippen LogP contribution in [0.3, 0.4) is 0 Å². The lowest BCUT2D eigenvalue weighted by Gasteiger charge is -2.38. The van der Waals surface area contributed by atoms with Crippen molar-refractivity contribution in [1.29, 1.82) is 0 Å². The second-order valence-electron chi connectivity index (χ2n) is 6.61. The van der Waals surface area contributed by atoms with Crippen molar-refractivity contribution in [3.05, 3.63) is 53.1 Å². The second kappa shape index (κ2) is 6.61. The first-order valence-corrected chi connectivity index (χ1v) is 9.33. The Hall–Kier alpha value is -2.60. The maximum atomic E-state index is 12.3. The van der Waals surface area contributed by atoms with Crippen LogP contribution in [0.15, 0.2) is 36.4 Å². The molecular weight excluding hydrogens is 348 g/mol. The Morgan fingerprint density at radius 3 is 2.62 bits per heavy atom. The summed E-state index contributed by atoms with van der Waals surface area (Å²) >= 11 is 1.63. The van der Waals surface area contributed by atoms with Crippen LogP contribution >= 0.6 is 11.3 Å². The lowest BCUT2D eigenvalue weighted by Crippen LogP contribution is -2.53. The molecule has 1 aliphatic heterocycles. The number of aryl methyl sites for hydroxylation is 2. The number of benzene rings is 2. The van der Waals surface area contributed by atoms with E-state index in [0.717, 1.165) is 32.2 Å². The second-order valence-corrected chi connectivity index (χ2v) is 7.62. The lowest BCUT2D eigenvalue weighted by atomic mass is 10.1. The predicted octanol–water partition coefficient (Wildman–Crippen LogP) is 3.97. The number of carbonyl (C=O) groups is 1. The number of nitrogens with zero attached hydrogens (tertiary/aromatic N) is 2. The number of ether oxygens (including phenoxy) is 2. The molecule has 1 aromatic heterocycles. The van der Waals surface area contributed by atoms with Gasteiger partial charge in [-0.05, 0) is 38.1 Å². The molecule has 0 aliphatic carbocycles. The Balaban J connectivity index is 1.42. The Morgan fingerprint density at radius 1 is 1.19 bits per heavy atom. The van der Waals surface area contributed by atoms with Gasteiger partial charge in [-0.25, -0.2) is 9.78 Å². The highest BCUT2D eigenvalue weighted by Gasteiger charge is 2.32. The molecule has 1 saturated heterocycles. The molecule has 26 heavy (non-hydrogen) atoms. The van der Waals surface area contributed by atoms with Gasteiger partial charge < -0.3 is 14.4 Å². The van der Waals surface area contributed by atoms with Crippen LogP contribution < -0.4 is 9.64 Å². The minimum absolute atomic E-state index is 0.0998. The summed E-state index contributed by atoms with van der Waals surface area (Å²) in [4.78, 5) is 19.2. The van der Waals surface area contributed by atoms with Gasteiger partial charge in [0.05, 0.1) is 30.5 Å². The molecule has 1 aliphatic rings. The summed E-state index contributed by atoms with van der Waals surface area (Å²) in [5.41, 5.74) is 3.63. The zero-order valence-electron chi connectivity index (χ0n) is 15.0. The molecule has 6 heteroatoms. The van der Waals surface area contributed by atoms with E-state index in [9.17, 15) is 4.79 Å². The third-order valence-electron chi connectivity index (χ3n) is 4.44. The number of esters is 1. The monoisotopic (exact) mass is 368 g/mol. The first kappa shape index (κ1) is 16.8. The average molecular weight is 368 g/mol. The molecular formula is C20H20N2O3S. The van der Waals surface area contributed by atoms with E-state index in [1.54, 1.807) is 18.4 Å². The van der Waals surface area contributed by atoms with E-state index in [1.807, 2.05) is 50.2 Å². The Kier molecular flexibility index (Phi) is 4.28. The molecule has 0 amide bonds. The number of methoxy groups -OCH3 is 1. The molecule has 0 unspecified atom stereocenters. The summed E-state index contributed by atoms with van der Waals surface area (Å²) in [6.45, 7) is 5.30. The smallest absolute Gasteiger partial charge is 0.338 e. The number of thiazole rings is 1. The Bertz CT molecular complexity index is 956. The number of fused-ring (bicyclic) bond motifs is 1. The SMILES string of the molecule is COc1cccc2sc(N3CC(OC(=O)c4cc(C)cc(C)c4)C3)nc12. The molecule has 4 rings (SSSR count). The fraction of sp³-hybridized carbons (Fsp3) is 0.300. The molecule has 3 aromatic rings. The van der Waals surface area contributed by atoms with Gasteiger partial charge in [-0.3, -0.25) is 0 Å². The summed E-state index contributed by atoms with van der Waals surface area (Å²) in [6.07, 6.45) is -0.0998. The lowest BCUT2D eigenvalue weighted by molar-refractivity contribution is 0.0234. The van der Waals surface area contributed by atoms with Crippen molar-refractivity contribution in [3.63, 3.8) is 0 Å². The standard InChI is InChI=1S/C20H20N2O3S/c1-12-7-13(2)9-14(8-12)19(23)25-15-10-22(11-15)20-21-18-16(24-3)5-4-6-17(18)26-20/h4-9,15H,10-11H2,1-3H3. The van der Waals surface area contributed by atoms with Crippen molar-refractivity contribution in [2.24, 2.45) is 0 Å². The van der Waals surface area contributed by atoms with E-state index in [0.29, 0.717) is 18.7 Å². The van der Waals surface area contributed by atoms with E-state index >= 15 is 0 Å². The Morgan fingerprint density at radius 2 is 1.92 bits per heavy atom. The van der Waals surface area contributed by atoms with Crippen molar-refractivity contribution < 1.29 is 14.3 Å². The minimum atomic E-state index is -0.257. The number of hydrogen-bond donors (Lipinski definition) is 0. The molecule has 0 spiro atoms. The highest BCUT2D eigenvalue weighted by Crippen LogP contribution is 2.36. The molecule has 0 bridgehead atoms. The number of carbonyl (C=O) groups excluding carboxylic acids is 1. The summed E-state index contributed by atoms with van der Waals surface area (Å²) < 4.78 is 12.1. The van der Waals surface area contributed by atoms with Gasteiger partial charge >= 0.3 is 5.97 Å². The largest absolute Gasteiger partial charge is 0.494 e. The summed E-state index contributed by atoms with van der Waals surface area (Å²) in [5.74, 6) is 0.524. The maximum absolute atomic E-state index is 12.3. The third-order valence-corrected chi connectivity index (χ3v) is 5.52. The van der Waals surface area contributed by atoms with E-state index in [-0.39, 0.29) is 12.1 Å². The summed E-state index contributed by atoms with van der Waals surface area (Å²) in [5, 5.41) is 0.934. The van der Waals surface area contributed by atoms with Gasteiger partial charge in [-0.2, -0.15) is 0 Å². The van der Waals surface area contributed by atoms with Crippen molar-refractivity contribution in [1.82, 2.24) is 4.98 Å². The van der Waals surface area contributed by atoms with Gasteiger partial charge in [0.1, 0.15) is 17.4 Å². The number of hydrogen-bond acceptors (Lipinski definition) is 6. The topological polar surface area (TPSA) is 51.7 Å². The van der Waals surface area contributed by atoms with Gasteiger partial charge in [0, 0.05) is 0 Å². The highest BCUT2D eigenvalue weighted by molar-refractivity contribution is 7.22. The molecule has 2 heterocycles. The molecule has 5 nitrogen and oxygen atoms in total. The maximum Gasteiger partial charge on any atom is 0.338 e. The van der Waals surface area contributed by atoms with Gasteiger partial charge in [0.2, 0.25) is 0 Å². The Labute approximate surface area is 156 Å². The molecule has 0 atom stereocenters. The molecule has 0 N–H and O–H groups in total. The van der Waals surface area contributed by atoms with E-state index in [1.165, 1.54) is 0 Å². The van der Waals surface area contributed by atoms with Crippen LogP contribution in [0.4, 0.5) is 5.13 Å². The van der Waals surface area contributed by atoms with Crippen LogP contribution in [0.1, 0.15) is 21.5 Å². The molecule has 2 aromatic carbocycles. The van der Waals surface area contributed by atoms with Gasteiger partial charge in [0.15, 0.2) is 5.13 Å². The minimum Gasteiger partial charge on any atom is -0.494 e. The van der Waals surface area contributed by atoms with Crippen LogP contribution in [0.25, 0.3) is 10.2 Å². The van der Waals surface area contributed by atoms with Gasteiger partial charge in [-0.1, -0.05) is 34.6 Å². The highest BCUT2D eigenvalue weighted by atomic mass is 32.1. The van der Waals surface area contributed by atoms with Gasteiger partial charge in [-0.15, -0.1) is 0 Å². The molecule has 0 saturated carbocycles. The van der Waals surface area contributed by atoms with Gasteiger partial charge in [0.25, 0.3) is 0 Å². The van der Waals surface area contributed by atoms with Crippen molar-refractivity contribution in [2.45, 2.75) is 20.0 Å². The summed E-state index contributed by atoms with van der Waals surface area (Å²) in [7, 11) is 1.65. The van der Waals surface area contributed by atoms with Crippen LogP contribution in [0.5, 0.6) is 5.75 Å². The quantitative estimate of drug-likeness (QED) is 0.652. The van der Waals surface area contributed by atoms with Crippen LogP contribution in [-0.4, -0.2) is 37.3 Å². The van der Waals surface area contributed by atoms with Crippen molar-refractivity contribution >= 4 is 32.7 Å². The fourth-order valence-electron chi connectivity index (χ4n) is 3.19. The van der Waals surface area contributed by atoms with E-state index in [2.05, 4.69) is 9.88 Å². The zero-order chi connectivity index (χ0) is 18.3. The molecule has 1 fully saturated rings. The van der Waals surface area contributed by atoms with E-state index < -0.39 is 0 Å². The van der Waals surface area contributed by atoms with Crippen LogP contribution in [0, 0.1) is 13.8 Å². The summed E-state index contributed by atoms with van der Waals surface area (Å²) in [6, 6.07) is 11.7. The number of anilines is 1. The van der Waals surface area contributed by atoms with Crippen LogP contribution in [0.2, 0.25) is 0 Å². The first-order chi connectivity index (χ1) is 12.5. The van der Waals surface area contributed by atoms with Crippen LogP contribution in [-0.2, 0) is 4.74 Å². The average Bonchev–Trinajstić information content (AvgIpc) is 2.99. The first-order valence-electron chi connectivity index (χ1n) is 8.51. The molecule has 0 radical (unpaired) electrons. The molecule has 134 valence electrons. The fourth-order valence-corrected chi connectivity index (χ4v) is 4.19. The predicted molar refractivity (Wildman–Crippen MR) is 104 cm³/mol. The van der Waals surface area contributed by atoms with Crippen molar-refractivity contribution in [2.75, 3.05) is 25.1 Å². The number of para-hydroxylation sites is 1. The van der Waals surface area contributed by atoms with E-state index in [4.69, 9.17) is 9.47 Å². The number of rotatable bonds is 4. The third kappa shape index (κ3) is 3.12. The van der Waals surface area contributed by atoms with Crippen molar-refractivity contribution in [3.8, 4) is 5.75 Å².